The number of hydrogen-bond donors (Lipinski definition) is 1. The van der Waals surface area contributed by atoms with Crippen LogP contribution in [0.15, 0.2) is 30.6 Å². The fourth-order valence-corrected chi connectivity index (χ4v) is 2.16. The Morgan fingerprint density at radius 3 is 2.89 bits per heavy atom. The number of aryl methyl sites for hydroxylation is 1. The zero-order chi connectivity index (χ0) is 13.1. The van der Waals surface area contributed by atoms with Crippen LogP contribution in [0.1, 0.15) is 24.1 Å². The van der Waals surface area contributed by atoms with Gasteiger partial charge in [-0.1, -0.05) is 18.5 Å². The summed E-state index contributed by atoms with van der Waals surface area (Å²) in [4.78, 5) is 0. The third-order valence-electron chi connectivity index (χ3n) is 2.74. The van der Waals surface area contributed by atoms with Gasteiger partial charge in [-0.25, -0.2) is 4.39 Å². The first-order chi connectivity index (χ1) is 8.61. The highest BCUT2D eigenvalue weighted by Gasteiger charge is 2.18. The predicted octanol–water partition coefficient (Wildman–Crippen LogP) is 2.91. The molecule has 1 aromatic heterocycles. The molecule has 0 saturated carbocycles. The van der Waals surface area contributed by atoms with E-state index < -0.39 is 0 Å². The van der Waals surface area contributed by atoms with Crippen molar-refractivity contribution < 1.29 is 4.39 Å². The van der Waals surface area contributed by atoms with Gasteiger partial charge < -0.3 is 5.32 Å². The molecule has 18 heavy (non-hydrogen) atoms. The predicted molar refractivity (Wildman–Crippen MR) is 70.1 cm³/mol. The monoisotopic (exact) mass is 267 g/mol. The molecule has 96 valence electrons. The van der Waals surface area contributed by atoms with Crippen molar-refractivity contribution in [3.8, 4) is 0 Å². The minimum atomic E-state index is -0.291. The third kappa shape index (κ3) is 2.71. The summed E-state index contributed by atoms with van der Waals surface area (Å²) in [5.41, 5.74) is 1.69. The van der Waals surface area contributed by atoms with Crippen molar-refractivity contribution in [3.63, 3.8) is 0 Å². The highest BCUT2D eigenvalue weighted by molar-refractivity contribution is 6.31. The minimum Gasteiger partial charge on any atom is -0.306 e. The van der Waals surface area contributed by atoms with Gasteiger partial charge >= 0.3 is 0 Å². The average molecular weight is 268 g/mol. The first kappa shape index (κ1) is 13.1. The number of benzene rings is 1. The Morgan fingerprint density at radius 2 is 2.28 bits per heavy atom. The summed E-state index contributed by atoms with van der Waals surface area (Å²) in [6.07, 6.45) is 3.66. The van der Waals surface area contributed by atoms with E-state index in [2.05, 4.69) is 10.4 Å². The van der Waals surface area contributed by atoms with Crippen molar-refractivity contribution in [1.82, 2.24) is 15.1 Å². The maximum absolute atomic E-state index is 13.4. The van der Waals surface area contributed by atoms with Gasteiger partial charge in [0.1, 0.15) is 5.82 Å². The van der Waals surface area contributed by atoms with Crippen LogP contribution >= 0.6 is 11.6 Å². The van der Waals surface area contributed by atoms with E-state index in [1.165, 1.54) is 12.1 Å². The molecular formula is C13H15ClFN3. The Labute approximate surface area is 111 Å². The topological polar surface area (TPSA) is 29.9 Å². The maximum atomic E-state index is 13.4. The second-order valence-electron chi connectivity index (χ2n) is 4.10. The summed E-state index contributed by atoms with van der Waals surface area (Å²) in [5, 5.41) is 7.98. The molecule has 0 radical (unpaired) electrons. The normalized spacial score (nSPS) is 12.7. The highest BCUT2D eigenvalue weighted by Crippen LogP contribution is 2.28. The van der Waals surface area contributed by atoms with E-state index >= 15 is 0 Å². The fraction of sp³-hybridized carbons (Fsp3) is 0.308. The van der Waals surface area contributed by atoms with Crippen molar-refractivity contribution in [2.75, 3.05) is 6.54 Å². The quantitative estimate of drug-likeness (QED) is 0.923. The van der Waals surface area contributed by atoms with Gasteiger partial charge in [0.25, 0.3) is 0 Å². The van der Waals surface area contributed by atoms with Gasteiger partial charge in [-0.2, -0.15) is 5.10 Å². The number of halogens is 2. The van der Waals surface area contributed by atoms with Crippen LogP contribution in [0.25, 0.3) is 0 Å². The van der Waals surface area contributed by atoms with Crippen LogP contribution in [0.5, 0.6) is 0 Å². The Bertz CT molecular complexity index is 539. The Balaban J connectivity index is 2.44. The molecule has 1 aromatic carbocycles. The van der Waals surface area contributed by atoms with Crippen LogP contribution in [0, 0.1) is 5.82 Å². The number of aromatic nitrogens is 2. The Morgan fingerprint density at radius 1 is 1.50 bits per heavy atom. The lowest BCUT2D eigenvalue weighted by molar-refractivity contribution is 0.603. The van der Waals surface area contributed by atoms with E-state index in [0.717, 1.165) is 17.7 Å². The van der Waals surface area contributed by atoms with Gasteiger partial charge in [0.05, 0.1) is 12.2 Å². The molecule has 0 bridgehead atoms. The number of nitrogens with zero attached hydrogens (tertiary/aromatic N) is 2. The first-order valence-corrected chi connectivity index (χ1v) is 6.16. The van der Waals surface area contributed by atoms with Crippen LogP contribution < -0.4 is 5.32 Å². The maximum Gasteiger partial charge on any atom is 0.123 e. The van der Waals surface area contributed by atoms with E-state index in [-0.39, 0.29) is 11.9 Å². The molecule has 0 aliphatic rings. The molecular weight excluding hydrogens is 253 g/mol. The van der Waals surface area contributed by atoms with Crippen molar-refractivity contribution in [3.05, 3.63) is 52.6 Å². The van der Waals surface area contributed by atoms with Gasteiger partial charge in [-0.3, -0.25) is 4.68 Å². The molecule has 0 fully saturated rings. The van der Waals surface area contributed by atoms with E-state index in [9.17, 15) is 4.39 Å². The SMILES string of the molecule is CCNC(c1cnn(C)c1)c1cc(F)ccc1Cl. The van der Waals surface area contributed by atoms with Crippen molar-refractivity contribution >= 4 is 11.6 Å². The Kier molecular flexibility index (Phi) is 3.99. The van der Waals surface area contributed by atoms with E-state index in [1.807, 2.05) is 20.2 Å². The lowest BCUT2D eigenvalue weighted by Crippen LogP contribution is -2.22. The fourth-order valence-electron chi connectivity index (χ4n) is 1.94. The van der Waals surface area contributed by atoms with Gasteiger partial charge in [0.15, 0.2) is 0 Å². The van der Waals surface area contributed by atoms with E-state index in [1.54, 1.807) is 16.9 Å². The zero-order valence-electron chi connectivity index (χ0n) is 10.3. The average Bonchev–Trinajstić information content (AvgIpc) is 2.76. The molecule has 2 rings (SSSR count). The number of hydrogen-bond acceptors (Lipinski definition) is 2. The summed E-state index contributed by atoms with van der Waals surface area (Å²) in [7, 11) is 1.85. The van der Waals surface area contributed by atoms with E-state index in [4.69, 9.17) is 11.6 Å². The summed E-state index contributed by atoms with van der Waals surface area (Å²) in [5.74, 6) is -0.291. The largest absolute Gasteiger partial charge is 0.306 e. The standard InChI is InChI=1S/C13H15ClFN3/c1-3-16-13(9-7-17-18(2)8-9)11-6-10(15)4-5-12(11)14/h4-8,13,16H,3H2,1-2H3. The second-order valence-corrected chi connectivity index (χ2v) is 4.51. The molecule has 1 unspecified atom stereocenters. The Hall–Kier alpha value is -1.39. The summed E-state index contributed by atoms with van der Waals surface area (Å²) >= 11 is 6.15. The van der Waals surface area contributed by atoms with Crippen LogP contribution in [0.3, 0.4) is 0 Å². The molecule has 5 heteroatoms. The molecule has 0 aliphatic heterocycles. The molecule has 0 spiro atoms. The van der Waals surface area contributed by atoms with Crippen LogP contribution in [-0.4, -0.2) is 16.3 Å². The van der Waals surface area contributed by atoms with Gasteiger partial charge in [0.2, 0.25) is 0 Å². The molecule has 1 N–H and O–H groups in total. The number of rotatable bonds is 4. The molecule has 0 aliphatic carbocycles. The van der Waals surface area contributed by atoms with Crippen LogP contribution in [-0.2, 0) is 7.05 Å². The minimum absolute atomic E-state index is 0.146. The third-order valence-corrected chi connectivity index (χ3v) is 3.08. The number of nitrogens with one attached hydrogen (secondary N) is 1. The van der Waals surface area contributed by atoms with Gasteiger partial charge in [-0.15, -0.1) is 0 Å². The van der Waals surface area contributed by atoms with Crippen molar-refractivity contribution in [2.45, 2.75) is 13.0 Å². The van der Waals surface area contributed by atoms with Gasteiger partial charge in [0, 0.05) is 23.8 Å². The summed E-state index contributed by atoms with van der Waals surface area (Å²) in [6.45, 7) is 2.75. The van der Waals surface area contributed by atoms with Crippen molar-refractivity contribution in [2.24, 2.45) is 7.05 Å². The van der Waals surface area contributed by atoms with Gasteiger partial charge in [-0.05, 0) is 30.3 Å². The molecule has 0 amide bonds. The zero-order valence-corrected chi connectivity index (χ0v) is 11.1. The summed E-state index contributed by atoms with van der Waals surface area (Å²) in [6, 6.07) is 4.25. The van der Waals surface area contributed by atoms with Crippen LogP contribution in [0.4, 0.5) is 4.39 Å². The molecule has 0 saturated heterocycles. The lowest BCUT2D eigenvalue weighted by Gasteiger charge is -2.18. The molecule has 2 aromatic rings. The first-order valence-electron chi connectivity index (χ1n) is 5.78. The second kappa shape index (κ2) is 5.50. The highest BCUT2D eigenvalue weighted by atomic mass is 35.5. The molecule has 1 atom stereocenters. The molecule has 1 heterocycles. The smallest absolute Gasteiger partial charge is 0.123 e. The summed E-state index contributed by atoms with van der Waals surface area (Å²) < 4.78 is 15.1. The molecule has 3 nitrogen and oxygen atoms in total. The lowest BCUT2D eigenvalue weighted by atomic mass is 10.0. The van der Waals surface area contributed by atoms with Crippen molar-refractivity contribution in [1.29, 1.82) is 0 Å². The van der Waals surface area contributed by atoms with E-state index in [0.29, 0.717) is 5.02 Å². The van der Waals surface area contributed by atoms with Crippen LogP contribution in [0.2, 0.25) is 5.02 Å².